The van der Waals surface area contributed by atoms with Crippen LogP contribution < -0.4 is 5.32 Å². The van der Waals surface area contributed by atoms with Crippen molar-refractivity contribution in [2.24, 2.45) is 5.41 Å². The Kier molecular flexibility index (Phi) is 5.53. The summed E-state index contributed by atoms with van der Waals surface area (Å²) in [5.74, 6) is 0. The monoisotopic (exact) mass is 287 g/mol. The lowest BCUT2D eigenvalue weighted by Gasteiger charge is -2.29. The average Bonchev–Trinajstić information content (AvgIpc) is 3.07. The molecule has 1 aromatic carbocycles. The van der Waals surface area contributed by atoms with E-state index in [9.17, 15) is 5.11 Å². The molecule has 4 heteroatoms. The Labute approximate surface area is 126 Å². The quantitative estimate of drug-likeness (QED) is 0.785. The summed E-state index contributed by atoms with van der Waals surface area (Å²) in [6, 6.07) is 10.2. The minimum atomic E-state index is -0.0133. The van der Waals surface area contributed by atoms with Gasteiger partial charge in [-0.3, -0.25) is 0 Å². The first kappa shape index (κ1) is 15.7. The fourth-order valence-corrected chi connectivity index (χ4v) is 2.54. The van der Waals surface area contributed by atoms with Crippen LogP contribution in [0.1, 0.15) is 32.3 Å². The summed E-state index contributed by atoms with van der Waals surface area (Å²) in [6.07, 6.45) is 5.70. The minimum Gasteiger partial charge on any atom is -0.396 e. The van der Waals surface area contributed by atoms with E-state index in [1.807, 2.05) is 29.1 Å². The van der Waals surface area contributed by atoms with E-state index in [0.29, 0.717) is 0 Å². The Balaban J connectivity index is 2.04. The molecule has 0 unspecified atom stereocenters. The zero-order valence-electron chi connectivity index (χ0n) is 12.9. The molecule has 4 nitrogen and oxygen atoms in total. The first-order chi connectivity index (χ1) is 10.2. The summed E-state index contributed by atoms with van der Waals surface area (Å²) in [4.78, 5) is 0. The Bertz CT molecular complexity index is 524. The molecular weight excluding hydrogens is 262 g/mol. The van der Waals surface area contributed by atoms with E-state index < -0.39 is 0 Å². The molecule has 1 heterocycles. The van der Waals surface area contributed by atoms with E-state index in [1.54, 1.807) is 6.20 Å². The number of nitrogens with one attached hydrogen (secondary N) is 1. The van der Waals surface area contributed by atoms with Crippen molar-refractivity contribution in [3.8, 4) is 5.69 Å². The number of benzene rings is 1. The van der Waals surface area contributed by atoms with Crippen LogP contribution in [0.3, 0.4) is 0 Å². The van der Waals surface area contributed by atoms with Gasteiger partial charge in [-0.05, 0) is 30.5 Å². The molecule has 0 aliphatic rings. The third-order valence-corrected chi connectivity index (χ3v) is 4.39. The molecule has 0 atom stereocenters. The summed E-state index contributed by atoms with van der Waals surface area (Å²) in [5, 5.41) is 17.4. The SMILES string of the molecule is CCC(CC)(CO)CNCc1ccccc1-n1cccn1. The maximum Gasteiger partial charge on any atom is 0.0690 e. The molecule has 0 spiro atoms. The van der Waals surface area contributed by atoms with Gasteiger partial charge in [0.1, 0.15) is 0 Å². The molecule has 0 saturated carbocycles. The number of rotatable bonds is 8. The third-order valence-electron chi connectivity index (χ3n) is 4.39. The van der Waals surface area contributed by atoms with Crippen LogP contribution in [-0.4, -0.2) is 28.0 Å². The lowest BCUT2D eigenvalue weighted by atomic mass is 9.83. The van der Waals surface area contributed by atoms with E-state index in [-0.39, 0.29) is 12.0 Å². The van der Waals surface area contributed by atoms with Crippen molar-refractivity contribution in [1.82, 2.24) is 15.1 Å². The topological polar surface area (TPSA) is 50.1 Å². The molecular formula is C17H25N3O. The zero-order chi connectivity index (χ0) is 15.1. The largest absolute Gasteiger partial charge is 0.396 e. The number of para-hydroxylation sites is 1. The molecule has 0 aliphatic heterocycles. The fourth-order valence-electron chi connectivity index (χ4n) is 2.54. The number of hydrogen-bond acceptors (Lipinski definition) is 3. The minimum absolute atomic E-state index is 0.0133. The summed E-state index contributed by atoms with van der Waals surface area (Å²) in [7, 11) is 0. The maximum atomic E-state index is 9.62. The van der Waals surface area contributed by atoms with Crippen molar-refractivity contribution in [2.45, 2.75) is 33.2 Å². The molecule has 0 bridgehead atoms. The van der Waals surface area contributed by atoms with Gasteiger partial charge in [0, 0.05) is 37.5 Å². The van der Waals surface area contributed by atoms with Crippen LogP contribution in [0.25, 0.3) is 5.69 Å². The molecule has 2 rings (SSSR count). The molecule has 0 aliphatic carbocycles. The lowest BCUT2D eigenvalue weighted by molar-refractivity contribution is 0.113. The van der Waals surface area contributed by atoms with Gasteiger partial charge in [0.2, 0.25) is 0 Å². The highest BCUT2D eigenvalue weighted by molar-refractivity contribution is 5.40. The molecule has 2 aromatic rings. The van der Waals surface area contributed by atoms with Crippen LogP contribution >= 0.6 is 0 Å². The first-order valence-electron chi connectivity index (χ1n) is 7.64. The molecule has 2 N–H and O–H groups in total. The Hall–Kier alpha value is -1.65. The second-order valence-corrected chi connectivity index (χ2v) is 5.55. The molecule has 114 valence electrons. The van der Waals surface area contributed by atoms with Crippen LogP contribution in [0, 0.1) is 5.41 Å². The number of aliphatic hydroxyl groups excluding tert-OH is 1. The Morgan fingerprint density at radius 3 is 2.57 bits per heavy atom. The van der Waals surface area contributed by atoms with Gasteiger partial charge in [0.05, 0.1) is 5.69 Å². The van der Waals surface area contributed by atoms with Crippen LogP contribution in [0.2, 0.25) is 0 Å². The van der Waals surface area contributed by atoms with E-state index >= 15 is 0 Å². The summed E-state index contributed by atoms with van der Waals surface area (Å²) in [6.45, 7) is 6.10. The van der Waals surface area contributed by atoms with E-state index in [4.69, 9.17) is 0 Å². The smallest absolute Gasteiger partial charge is 0.0690 e. The van der Waals surface area contributed by atoms with Crippen molar-refractivity contribution in [2.75, 3.05) is 13.2 Å². The highest BCUT2D eigenvalue weighted by Gasteiger charge is 2.24. The summed E-state index contributed by atoms with van der Waals surface area (Å²) < 4.78 is 1.88. The maximum absolute atomic E-state index is 9.62. The number of aliphatic hydroxyl groups is 1. The Morgan fingerprint density at radius 1 is 1.19 bits per heavy atom. The van der Waals surface area contributed by atoms with E-state index in [0.717, 1.165) is 31.6 Å². The van der Waals surface area contributed by atoms with Crippen molar-refractivity contribution in [1.29, 1.82) is 0 Å². The normalized spacial score (nSPS) is 11.8. The first-order valence-corrected chi connectivity index (χ1v) is 7.64. The molecule has 0 radical (unpaired) electrons. The molecule has 21 heavy (non-hydrogen) atoms. The number of nitrogens with zero attached hydrogens (tertiary/aromatic N) is 2. The summed E-state index contributed by atoms with van der Waals surface area (Å²) >= 11 is 0. The van der Waals surface area contributed by atoms with Gasteiger partial charge in [-0.2, -0.15) is 5.10 Å². The van der Waals surface area contributed by atoms with Crippen LogP contribution in [0.4, 0.5) is 0 Å². The summed E-state index contributed by atoms with van der Waals surface area (Å²) in [5.41, 5.74) is 2.29. The average molecular weight is 287 g/mol. The standard InChI is InChI=1S/C17H25N3O/c1-3-17(4-2,14-21)13-18-12-15-8-5-6-9-16(15)20-11-7-10-19-20/h5-11,18,21H,3-4,12-14H2,1-2H3. The van der Waals surface area contributed by atoms with Crippen molar-refractivity contribution in [3.63, 3.8) is 0 Å². The van der Waals surface area contributed by atoms with Gasteiger partial charge >= 0.3 is 0 Å². The van der Waals surface area contributed by atoms with E-state index in [2.05, 4.69) is 36.4 Å². The van der Waals surface area contributed by atoms with Gasteiger partial charge in [0.25, 0.3) is 0 Å². The Morgan fingerprint density at radius 2 is 1.95 bits per heavy atom. The molecule has 0 saturated heterocycles. The van der Waals surface area contributed by atoms with Gasteiger partial charge in [-0.15, -0.1) is 0 Å². The third kappa shape index (κ3) is 3.71. The van der Waals surface area contributed by atoms with Crippen molar-refractivity contribution in [3.05, 3.63) is 48.3 Å². The molecule has 1 aromatic heterocycles. The van der Waals surface area contributed by atoms with Gasteiger partial charge in [-0.25, -0.2) is 4.68 Å². The van der Waals surface area contributed by atoms with Crippen molar-refractivity contribution >= 4 is 0 Å². The second kappa shape index (κ2) is 7.38. The van der Waals surface area contributed by atoms with Gasteiger partial charge in [-0.1, -0.05) is 32.0 Å². The predicted molar refractivity (Wildman–Crippen MR) is 85.4 cm³/mol. The second-order valence-electron chi connectivity index (χ2n) is 5.55. The highest BCUT2D eigenvalue weighted by Crippen LogP contribution is 2.24. The van der Waals surface area contributed by atoms with Crippen LogP contribution in [-0.2, 0) is 6.54 Å². The number of aromatic nitrogens is 2. The lowest BCUT2D eigenvalue weighted by Crippen LogP contribution is -2.36. The fraction of sp³-hybridized carbons (Fsp3) is 0.471. The molecule has 0 fully saturated rings. The van der Waals surface area contributed by atoms with Gasteiger partial charge < -0.3 is 10.4 Å². The van der Waals surface area contributed by atoms with Crippen molar-refractivity contribution < 1.29 is 5.11 Å². The predicted octanol–water partition coefficient (Wildman–Crippen LogP) is 2.76. The zero-order valence-corrected chi connectivity index (χ0v) is 12.9. The van der Waals surface area contributed by atoms with Gasteiger partial charge in [0.15, 0.2) is 0 Å². The molecule has 0 amide bonds. The van der Waals surface area contributed by atoms with E-state index in [1.165, 1.54) is 5.56 Å². The van der Waals surface area contributed by atoms with Crippen LogP contribution in [0.5, 0.6) is 0 Å². The highest BCUT2D eigenvalue weighted by atomic mass is 16.3. The van der Waals surface area contributed by atoms with Crippen LogP contribution in [0.15, 0.2) is 42.7 Å². The number of hydrogen-bond donors (Lipinski definition) is 2.